The van der Waals surface area contributed by atoms with Crippen LogP contribution in [0.25, 0.3) is 11.1 Å². The molecule has 2 aliphatic heterocycles. The van der Waals surface area contributed by atoms with Gasteiger partial charge in [0.2, 0.25) is 11.8 Å². The molecule has 168 valence electrons. The number of carbonyl (C=O) groups excluding carboxylic acids is 3. The van der Waals surface area contributed by atoms with Gasteiger partial charge in [-0.3, -0.25) is 19.8 Å². The highest BCUT2D eigenvalue weighted by molar-refractivity contribution is 6.34. The van der Waals surface area contributed by atoms with E-state index in [1.165, 1.54) is 9.80 Å². The van der Waals surface area contributed by atoms with E-state index in [0.29, 0.717) is 42.2 Å². The zero-order valence-electron chi connectivity index (χ0n) is 17.2. The van der Waals surface area contributed by atoms with Crippen molar-refractivity contribution in [2.75, 3.05) is 24.5 Å². The Morgan fingerprint density at radius 3 is 2.50 bits per heavy atom. The third kappa shape index (κ3) is 4.46. The summed E-state index contributed by atoms with van der Waals surface area (Å²) in [5, 5.41) is 2.79. The number of hydrogen-bond acceptors (Lipinski definition) is 3. The number of piperidine rings is 1. The first-order chi connectivity index (χ1) is 15.3. The second-order valence-electron chi connectivity index (χ2n) is 7.88. The molecule has 4 rings (SSSR count). The minimum atomic E-state index is -2.57. The number of hydrogen-bond donors (Lipinski definition) is 1. The molecule has 0 spiro atoms. The molecule has 6 nitrogen and oxygen atoms in total. The van der Waals surface area contributed by atoms with Crippen LogP contribution >= 0.6 is 11.6 Å². The molecule has 2 aromatic rings. The molecule has 9 heteroatoms. The summed E-state index contributed by atoms with van der Waals surface area (Å²) >= 11 is 6.65. The van der Waals surface area contributed by atoms with Gasteiger partial charge < -0.3 is 4.90 Å². The molecule has 0 aliphatic carbocycles. The van der Waals surface area contributed by atoms with Crippen LogP contribution in [0.1, 0.15) is 30.7 Å². The van der Waals surface area contributed by atoms with Crippen molar-refractivity contribution < 1.29 is 23.2 Å². The molecule has 2 fully saturated rings. The molecular formula is C23H22ClF2N3O3. The van der Waals surface area contributed by atoms with Crippen LogP contribution in [0, 0.1) is 0 Å². The Morgan fingerprint density at radius 1 is 1.06 bits per heavy atom. The Hall–Kier alpha value is -3.00. The Bertz CT molecular complexity index is 1050. The van der Waals surface area contributed by atoms with Crippen LogP contribution in [0.15, 0.2) is 42.5 Å². The average Bonchev–Trinajstić information content (AvgIpc) is 2.76. The van der Waals surface area contributed by atoms with E-state index in [-0.39, 0.29) is 18.2 Å². The largest absolute Gasteiger partial charge is 0.324 e. The number of alkyl halides is 2. The van der Waals surface area contributed by atoms with Gasteiger partial charge in [-0.1, -0.05) is 41.9 Å². The molecule has 2 heterocycles. The number of halogens is 3. The molecule has 32 heavy (non-hydrogen) atoms. The Labute approximate surface area is 189 Å². The van der Waals surface area contributed by atoms with Gasteiger partial charge in [0.25, 0.3) is 6.43 Å². The second-order valence-corrected chi connectivity index (χ2v) is 8.26. The quantitative estimate of drug-likeness (QED) is 0.670. The van der Waals surface area contributed by atoms with Gasteiger partial charge in [0.1, 0.15) is 0 Å². The minimum absolute atomic E-state index is 0.262. The van der Waals surface area contributed by atoms with E-state index in [9.17, 15) is 23.2 Å². The van der Waals surface area contributed by atoms with E-state index in [2.05, 4.69) is 5.32 Å². The lowest BCUT2D eigenvalue weighted by molar-refractivity contribution is -0.134. The van der Waals surface area contributed by atoms with Crippen molar-refractivity contribution in [1.82, 2.24) is 10.2 Å². The molecule has 0 saturated carbocycles. The normalized spacial score (nSPS) is 19.5. The van der Waals surface area contributed by atoms with E-state index >= 15 is 0 Å². The predicted molar refractivity (Wildman–Crippen MR) is 117 cm³/mol. The summed E-state index contributed by atoms with van der Waals surface area (Å²) < 4.78 is 25.5. The van der Waals surface area contributed by atoms with E-state index in [1.54, 1.807) is 18.2 Å². The van der Waals surface area contributed by atoms with Crippen molar-refractivity contribution in [3.8, 4) is 11.1 Å². The van der Waals surface area contributed by atoms with Crippen molar-refractivity contribution in [3.05, 3.63) is 53.1 Å². The maximum atomic E-state index is 12.7. The Kier molecular flexibility index (Phi) is 6.41. The van der Waals surface area contributed by atoms with Crippen molar-refractivity contribution in [1.29, 1.82) is 0 Å². The molecule has 0 aromatic heterocycles. The lowest BCUT2D eigenvalue weighted by Crippen LogP contribution is -2.50. The summed E-state index contributed by atoms with van der Waals surface area (Å²) in [5.41, 5.74) is 2.80. The van der Waals surface area contributed by atoms with Crippen LogP contribution in [0.4, 0.5) is 19.3 Å². The molecule has 1 atom stereocenters. The van der Waals surface area contributed by atoms with Gasteiger partial charge in [0, 0.05) is 30.8 Å². The van der Waals surface area contributed by atoms with Crippen LogP contribution in [-0.4, -0.2) is 48.8 Å². The third-order valence-electron chi connectivity index (χ3n) is 5.80. The number of nitrogens with zero attached hydrogens (tertiary/aromatic N) is 2. The van der Waals surface area contributed by atoms with Gasteiger partial charge in [0.15, 0.2) is 0 Å². The molecule has 2 aromatic carbocycles. The maximum absolute atomic E-state index is 12.7. The topological polar surface area (TPSA) is 69.7 Å². The fourth-order valence-electron chi connectivity index (χ4n) is 4.21. The van der Waals surface area contributed by atoms with Crippen molar-refractivity contribution >= 4 is 35.1 Å². The number of anilines is 1. The summed E-state index contributed by atoms with van der Waals surface area (Å²) in [6.45, 7) is 0.209. The number of rotatable bonds is 5. The molecule has 0 radical (unpaired) electrons. The summed E-state index contributed by atoms with van der Waals surface area (Å²) in [4.78, 5) is 39.0. The lowest BCUT2D eigenvalue weighted by Gasteiger charge is -2.35. The van der Waals surface area contributed by atoms with E-state index in [1.807, 2.05) is 24.3 Å². The second kappa shape index (κ2) is 9.24. The number of benzene rings is 2. The van der Waals surface area contributed by atoms with Gasteiger partial charge >= 0.3 is 6.03 Å². The molecule has 4 amide bonds. The summed E-state index contributed by atoms with van der Waals surface area (Å²) in [7, 11) is 0. The first-order valence-electron chi connectivity index (χ1n) is 10.4. The summed E-state index contributed by atoms with van der Waals surface area (Å²) in [6, 6.07) is 12.1. The van der Waals surface area contributed by atoms with Gasteiger partial charge in [-0.15, -0.1) is 0 Å². The summed E-state index contributed by atoms with van der Waals surface area (Å²) in [6.07, 6.45) is -1.29. The standard InChI is InChI=1S/C23H22ClF2N3O3/c24-21-16(3-1-4-17(21)18-9-10-20(30)27-22(18)31)14-5-7-15(8-6-14)29-12-2-11-28(23(29)32)13-19(25)26/h1,3-8,18-19H,2,9-13H2,(H,27,30,31). The average molecular weight is 462 g/mol. The fraction of sp³-hybridized carbons (Fsp3) is 0.348. The molecule has 2 saturated heterocycles. The monoisotopic (exact) mass is 461 g/mol. The van der Waals surface area contributed by atoms with Crippen LogP contribution in [0.2, 0.25) is 5.02 Å². The van der Waals surface area contributed by atoms with E-state index in [4.69, 9.17) is 11.6 Å². The van der Waals surface area contributed by atoms with Crippen molar-refractivity contribution in [3.63, 3.8) is 0 Å². The molecule has 1 unspecified atom stereocenters. The molecule has 1 N–H and O–H groups in total. The first kappa shape index (κ1) is 22.2. The number of urea groups is 1. The number of imide groups is 1. The zero-order chi connectivity index (χ0) is 22.8. The maximum Gasteiger partial charge on any atom is 0.324 e. The fourth-order valence-corrected chi connectivity index (χ4v) is 4.58. The van der Waals surface area contributed by atoms with Crippen molar-refractivity contribution in [2.24, 2.45) is 0 Å². The van der Waals surface area contributed by atoms with E-state index < -0.39 is 24.9 Å². The van der Waals surface area contributed by atoms with Crippen LogP contribution in [-0.2, 0) is 9.59 Å². The van der Waals surface area contributed by atoms with E-state index in [0.717, 1.165) is 11.1 Å². The summed E-state index contributed by atoms with van der Waals surface area (Å²) in [5.74, 6) is -1.13. The molecule has 2 aliphatic rings. The number of carbonyl (C=O) groups is 3. The first-order valence-corrected chi connectivity index (χ1v) is 10.8. The number of nitrogens with one attached hydrogen (secondary N) is 1. The van der Waals surface area contributed by atoms with Gasteiger partial charge in [-0.25, -0.2) is 13.6 Å². The van der Waals surface area contributed by atoms with Gasteiger partial charge in [0.05, 0.1) is 17.5 Å². The number of amides is 4. The van der Waals surface area contributed by atoms with Crippen LogP contribution in [0.5, 0.6) is 0 Å². The highest BCUT2D eigenvalue weighted by Crippen LogP contribution is 2.37. The minimum Gasteiger partial charge on any atom is -0.319 e. The van der Waals surface area contributed by atoms with Crippen LogP contribution in [0.3, 0.4) is 0 Å². The van der Waals surface area contributed by atoms with Crippen LogP contribution < -0.4 is 10.2 Å². The Morgan fingerprint density at radius 2 is 1.81 bits per heavy atom. The zero-order valence-corrected chi connectivity index (χ0v) is 17.9. The van der Waals surface area contributed by atoms with Gasteiger partial charge in [-0.05, 0) is 36.1 Å². The van der Waals surface area contributed by atoms with Crippen molar-refractivity contribution in [2.45, 2.75) is 31.6 Å². The van der Waals surface area contributed by atoms with Gasteiger partial charge in [-0.2, -0.15) is 0 Å². The third-order valence-corrected chi connectivity index (χ3v) is 6.22. The molecular weight excluding hydrogens is 440 g/mol. The molecule has 0 bridgehead atoms. The highest BCUT2D eigenvalue weighted by atomic mass is 35.5. The Balaban J connectivity index is 1.56. The smallest absolute Gasteiger partial charge is 0.319 e. The predicted octanol–water partition coefficient (Wildman–Crippen LogP) is 4.42. The SMILES string of the molecule is O=C1CCC(c2cccc(-c3ccc(N4CCCN(CC(F)F)C4=O)cc3)c2Cl)C(=O)N1. The lowest BCUT2D eigenvalue weighted by atomic mass is 9.88. The highest BCUT2D eigenvalue weighted by Gasteiger charge is 2.31.